The van der Waals surface area contributed by atoms with Gasteiger partial charge in [-0.1, -0.05) is 18.2 Å². The largest absolute Gasteiger partial charge is 0.450 e. The van der Waals surface area contributed by atoms with E-state index >= 15 is 0 Å². The lowest BCUT2D eigenvalue weighted by atomic mass is 10.3. The summed E-state index contributed by atoms with van der Waals surface area (Å²) in [6.45, 7) is 3.82. The van der Waals surface area contributed by atoms with Gasteiger partial charge in [0.05, 0.1) is 23.7 Å². The number of hydrogen-bond donors (Lipinski definition) is 2. The van der Waals surface area contributed by atoms with Gasteiger partial charge in [0.1, 0.15) is 0 Å². The predicted octanol–water partition coefficient (Wildman–Crippen LogP) is 2.33. The molecule has 3 N–H and O–H groups in total. The highest BCUT2D eigenvalue weighted by molar-refractivity contribution is 5.88. The Morgan fingerprint density at radius 2 is 2.11 bits per heavy atom. The van der Waals surface area contributed by atoms with Gasteiger partial charge in [-0.15, -0.1) is 0 Å². The fraction of sp³-hybridized carbons (Fsp3) is 0.231. The van der Waals surface area contributed by atoms with Crippen molar-refractivity contribution in [3.05, 3.63) is 36.0 Å². The smallest absolute Gasteiger partial charge is 0.412 e. The van der Waals surface area contributed by atoms with Crippen LogP contribution >= 0.6 is 0 Å². The first-order valence-corrected chi connectivity index (χ1v) is 5.97. The number of ether oxygens (including phenoxy) is 1. The maximum Gasteiger partial charge on any atom is 0.412 e. The Morgan fingerprint density at radius 3 is 2.74 bits per heavy atom. The Morgan fingerprint density at radius 1 is 1.42 bits per heavy atom. The van der Waals surface area contributed by atoms with E-state index in [1.165, 1.54) is 0 Å². The van der Waals surface area contributed by atoms with E-state index in [1.807, 2.05) is 30.3 Å². The zero-order valence-corrected chi connectivity index (χ0v) is 10.9. The molecule has 0 unspecified atom stereocenters. The molecule has 0 aliphatic carbocycles. The maximum absolute atomic E-state index is 11.5. The average Bonchev–Trinajstić information content (AvgIpc) is 2.68. The van der Waals surface area contributed by atoms with Crippen LogP contribution in [0.5, 0.6) is 0 Å². The third kappa shape index (κ3) is 2.67. The minimum absolute atomic E-state index is 0.296. The molecule has 6 heteroatoms. The Kier molecular flexibility index (Phi) is 3.70. The molecule has 0 atom stereocenters. The highest BCUT2D eigenvalue weighted by atomic mass is 16.5. The molecule has 0 saturated heterocycles. The van der Waals surface area contributed by atoms with Crippen LogP contribution in [0.1, 0.15) is 12.6 Å². The van der Waals surface area contributed by atoms with E-state index in [-0.39, 0.29) is 0 Å². The summed E-state index contributed by atoms with van der Waals surface area (Å²) in [6.07, 6.45) is -0.550. The number of anilines is 2. The van der Waals surface area contributed by atoms with Gasteiger partial charge in [0.15, 0.2) is 5.82 Å². The van der Waals surface area contributed by atoms with Gasteiger partial charge in [0.2, 0.25) is 0 Å². The van der Waals surface area contributed by atoms with Crippen molar-refractivity contribution < 1.29 is 9.53 Å². The number of carbonyl (C=O) groups is 1. The molecule has 0 aliphatic rings. The zero-order valence-electron chi connectivity index (χ0n) is 10.9. The first-order valence-electron chi connectivity index (χ1n) is 5.97. The van der Waals surface area contributed by atoms with Crippen LogP contribution in [0.15, 0.2) is 30.3 Å². The molecule has 0 fully saturated rings. The normalized spacial score (nSPS) is 10.2. The van der Waals surface area contributed by atoms with E-state index in [9.17, 15) is 4.79 Å². The van der Waals surface area contributed by atoms with Crippen LogP contribution in [-0.4, -0.2) is 22.5 Å². The van der Waals surface area contributed by atoms with E-state index in [1.54, 1.807) is 18.5 Å². The molecule has 0 bridgehead atoms. The van der Waals surface area contributed by atoms with E-state index in [2.05, 4.69) is 10.4 Å². The summed E-state index contributed by atoms with van der Waals surface area (Å²) in [5.74, 6) is 0.419. The Labute approximate surface area is 111 Å². The van der Waals surface area contributed by atoms with Crippen LogP contribution in [-0.2, 0) is 4.74 Å². The maximum atomic E-state index is 11.5. The van der Waals surface area contributed by atoms with Crippen molar-refractivity contribution in [2.45, 2.75) is 13.8 Å². The molecule has 0 saturated carbocycles. The summed E-state index contributed by atoms with van der Waals surface area (Å²) < 4.78 is 6.44. The Hall–Kier alpha value is -2.50. The number of aryl methyl sites for hydroxylation is 1. The van der Waals surface area contributed by atoms with Crippen molar-refractivity contribution in [3.63, 3.8) is 0 Å². The number of amides is 1. The number of benzene rings is 1. The summed E-state index contributed by atoms with van der Waals surface area (Å²) in [5, 5.41) is 6.93. The van der Waals surface area contributed by atoms with Crippen molar-refractivity contribution >= 4 is 17.6 Å². The molecule has 0 radical (unpaired) electrons. The van der Waals surface area contributed by atoms with Crippen LogP contribution < -0.4 is 11.1 Å². The number of nitrogen functional groups attached to an aromatic ring is 1. The first-order chi connectivity index (χ1) is 9.13. The summed E-state index contributed by atoms with van der Waals surface area (Å²) >= 11 is 0. The number of nitrogens with zero attached hydrogens (tertiary/aromatic N) is 2. The highest BCUT2D eigenvalue weighted by Gasteiger charge is 2.16. The van der Waals surface area contributed by atoms with Crippen LogP contribution in [0.25, 0.3) is 5.69 Å². The lowest BCUT2D eigenvalue weighted by molar-refractivity contribution is 0.167. The summed E-state index contributed by atoms with van der Waals surface area (Å²) in [6, 6.07) is 9.43. The standard InChI is InChI=1S/C13H16N4O2/c1-3-19-13(18)15-12-11(14)9(2)16-17(12)10-7-5-4-6-8-10/h4-8H,3,14H2,1-2H3,(H,15,18). The number of hydrogen-bond acceptors (Lipinski definition) is 4. The van der Waals surface area contributed by atoms with Gasteiger partial charge in [0, 0.05) is 0 Å². The molecule has 1 amide bonds. The summed E-state index contributed by atoms with van der Waals surface area (Å²) in [7, 11) is 0. The second kappa shape index (κ2) is 5.43. The van der Waals surface area contributed by atoms with Gasteiger partial charge in [0.25, 0.3) is 0 Å². The molecule has 6 nitrogen and oxygen atoms in total. The number of rotatable bonds is 3. The van der Waals surface area contributed by atoms with Crippen LogP contribution in [0.2, 0.25) is 0 Å². The van der Waals surface area contributed by atoms with Crippen molar-refractivity contribution in [1.82, 2.24) is 9.78 Å². The first kappa shape index (κ1) is 12.9. The van der Waals surface area contributed by atoms with Crippen LogP contribution in [0, 0.1) is 6.92 Å². The lowest BCUT2D eigenvalue weighted by Gasteiger charge is -2.09. The molecule has 1 aromatic carbocycles. The molecular weight excluding hydrogens is 244 g/mol. The van der Waals surface area contributed by atoms with Gasteiger partial charge in [-0.3, -0.25) is 5.32 Å². The number of nitrogens with two attached hydrogens (primary N) is 1. The van der Waals surface area contributed by atoms with Gasteiger partial charge < -0.3 is 10.5 Å². The van der Waals surface area contributed by atoms with Crippen molar-refractivity contribution in [1.29, 1.82) is 0 Å². The molecule has 2 aromatic rings. The molecule has 1 aromatic heterocycles. The quantitative estimate of drug-likeness (QED) is 0.887. The van der Waals surface area contributed by atoms with E-state index < -0.39 is 6.09 Å². The zero-order chi connectivity index (χ0) is 13.8. The molecule has 19 heavy (non-hydrogen) atoms. The SMILES string of the molecule is CCOC(=O)Nc1c(N)c(C)nn1-c1ccccc1. The monoisotopic (exact) mass is 260 g/mol. The fourth-order valence-corrected chi connectivity index (χ4v) is 1.68. The third-order valence-electron chi connectivity index (χ3n) is 2.60. The van der Waals surface area contributed by atoms with Crippen molar-refractivity contribution in [3.8, 4) is 5.69 Å². The topological polar surface area (TPSA) is 82.2 Å². The molecule has 100 valence electrons. The summed E-state index contributed by atoms with van der Waals surface area (Å²) in [4.78, 5) is 11.5. The number of carbonyl (C=O) groups excluding carboxylic acids is 1. The van der Waals surface area contributed by atoms with Gasteiger partial charge in [-0.25, -0.2) is 9.48 Å². The van der Waals surface area contributed by atoms with Crippen molar-refractivity contribution in [2.75, 3.05) is 17.7 Å². The third-order valence-corrected chi connectivity index (χ3v) is 2.60. The second-order valence-electron chi connectivity index (χ2n) is 3.94. The molecule has 1 heterocycles. The molecule has 0 aliphatic heterocycles. The van der Waals surface area contributed by atoms with Gasteiger partial charge >= 0.3 is 6.09 Å². The Balaban J connectivity index is 2.39. The fourth-order valence-electron chi connectivity index (χ4n) is 1.68. The van der Waals surface area contributed by atoms with Crippen LogP contribution in [0.3, 0.4) is 0 Å². The minimum atomic E-state index is -0.550. The lowest BCUT2D eigenvalue weighted by Crippen LogP contribution is -2.17. The molecule has 0 spiro atoms. The molecular formula is C13H16N4O2. The van der Waals surface area contributed by atoms with Gasteiger partial charge in [-0.05, 0) is 26.0 Å². The second-order valence-corrected chi connectivity index (χ2v) is 3.94. The predicted molar refractivity (Wildman–Crippen MR) is 73.4 cm³/mol. The Bertz CT molecular complexity index is 578. The number of aromatic nitrogens is 2. The minimum Gasteiger partial charge on any atom is -0.450 e. The molecule has 2 rings (SSSR count). The van der Waals surface area contributed by atoms with Crippen LogP contribution in [0.4, 0.5) is 16.3 Å². The van der Waals surface area contributed by atoms with E-state index in [0.717, 1.165) is 5.69 Å². The van der Waals surface area contributed by atoms with E-state index in [4.69, 9.17) is 10.5 Å². The average molecular weight is 260 g/mol. The number of nitrogens with one attached hydrogen (secondary N) is 1. The number of para-hydroxylation sites is 1. The van der Waals surface area contributed by atoms with Gasteiger partial charge in [-0.2, -0.15) is 5.10 Å². The highest BCUT2D eigenvalue weighted by Crippen LogP contribution is 2.25. The summed E-state index contributed by atoms with van der Waals surface area (Å²) in [5.41, 5.74) is 7.82. The van der Waals surface area contributed by atoms with E-state index in [0.29, 0.717) is 23.8 Å². The van der Waals surface area contributed by atoms with Crippen molar-refractivity contribution in [2.24, 2.45) is 0 Å².